The summed E-state index contributed by atoms with van der Waals surface area (Å²) in [6, 6.07) is 11.0. The standard InChI is InChI=1S/C18H24N4O2/c1-4-5-12-19-18(23)15-10-11-17(22-21-15)20-14-8-6-7-9-16(14)24-13(2)3/h6-11,13H,4-5,12H2,1-3H3,(H,19,23)(H,20,22). The van der Waals surface area contributed by atoms with Gasteiger partial charge in [0.2, 0.25) is 0 Å². The van der Waals surface area contributed by atoms with Gasteiger partial charge in [0.25, 0.3) is 5.91 Å². The van der Waals surface area contributed by atoms with Crippen molar-refractivity contribution in [2.24, 2.45) is 0 Å². The second-order valence-electron chi connectivity index (χ2n) is 5.70. The summed E-state index contributed by atoms with van der Waals surface area (Å²) < 4.78 is 5.76. The van der Waals surface area contributed by atoms with Crippen LogP contribution in [0.4, 0.5) is 11.5 Å². The van der Waals surface area contributed by atoms with E-state index < -0.39 is 0 Å². The van der Waals surface area contributed by atoms with Gasteiger partial charge in [0, 0.05) is 6.54 Å². The highest BCUT2D eigenvalue weighted by Gasteiger charge is 2.09. The van der Waals surface area contributed by atoms with Crippen LogP contribution < -0.4 is 15.4 Å². The molecule has 24 heavy (non-hydrogen) atoms. The quantitative estimate of drug-likeness (QED) is 0.725. The first kappa shape index (κ1) is 17.7. The van der Waals surface area contributed by atoms with Crippen molar-refractivity contribution in [1.82, 2.24) is 15.5 Å². The predicted molar refractivity (Wildman–Crippen MR) is 94.8 cm³/mol. The smallest absolute Gasteiger partial charge is 0.271 e. The van der Waals surface area contributed by atoms with Gasteiger partial charge in [0.05, 0.1) is 11.8 Å². The zero-order chi connectivity index (χ0) is 17.4. The SMILES string of the molecule is CCCCNC(=O)c1ccc(Nc2ccccc2OC(C)C)nn1. The fraction of sp³-hybridized carbons (Fsp3) is 0.389. The van der Waals surface area contributed by atoms with Gasteiger partial charge in [-0.05, 0) is 44.5 Å². The maximum atomic E-state index is 11.9. The molecule has 2 N–H and O–H groups in total. The van der Waals surface area contributed by atoms with E-state index in [1.165, 1.54) is 0 Å². The van der Waals surface area contributed by atoms with E-state index in [4.69, 9.17) is 4.74 Å². The summed E-state index contributed by atoms with van der Waals surface area (Å²) in [6.07, 6.45) is 2.06. The minimum absolute atomic E-state index is 0.0771. The molecule has 6 nitrogen and oxygen atoms in total. The molecule has 2 aromatic rings. The van der Waals surface area contributed by atoms with Gasteiger partial charge in [-0.15, -0.1) is 10.2 Å². The monoisotopic (exact) mass is 328 g/mol. The molecule has 2 rings (SSSR count). The van der Waals surface area contributed by atoms with Gasteiger partial charge in [0.15, 0.2) is 11.5 Å². The van der Waals surface area contributed by atoms with E-state index in [0.29, 0.717) is 18.1 Å². The zero-order valence-electron chi connectivity index (χ0n) is 14.4. The number of aromatic nitrogens is 2. The van der Waals surface area contributed by atoms with Crippen LogP contribution in [0.5, 0.6) is 5.75 Å². The lowest BCUT2D eigenvalue weighted by molar-refractivity contribution is 0.0947. The zero-order valence-corrected chi connectivity index (χ0v) is 14.4. The molecule has 0 unspecified atom stereocenters. The van der Waals surface area contributed by atoms with Crippen LogP contribution in [0.1, 0.15) is 44.1 Å². The molecule has 0 saturated heterocycles. The Morgan fingerprint density at radius 3 is 2.62 bits per heavy atom. The molecule has 1 heterocycles. The fourth-order valence-electron chi connectivity index (χ4n) is 2.05. The minimum atomic E-state index is -0.203. The molecular weight excluding hydrogens is 304 g/mol. The van der Waals surface area contributed by atoms with Crippen LogP contribution in [-0.2, 0) is 0 Å². The lowest BCUT2D eigenvalue weighted by atomic mass is 10.2. The molecule has 0 fully saturated rings. The van der Waals surface area contributed by atoms with Crippen molar-refractivity contribution >= 4 is 17.4 Å². The van der Waals surface area contributed by atoms with Gasteiger partial charge in [0.1, 0.15) is 5.75 Å². The summed E-state index contributed by atoms with van der Waals surface area (Å²) in [6.45, 7) is 6.68. The van der Waals surface area contributed by atoms with Crippen LogP contribution in [0.3, 0.4) is 0 Å². The number of carbonyl (C=O) groups excluding carboxylic acids is 1. The van der Waals surface area contributed by atoms with E-state index in [1.807, 2.05) is 38.1 Å². The predicted octanol–water partition coefficient (Wildman–Crippen LogP) is 3.54. The number of hydrogen-bond donors (Lipinski definition) is 2. The highest BCUT2D eigenvalue weighted by Crippen LogP contribution is 2.27. The largest absolute Gasteiger partial charge is 0.489 e. The summed E-state index contributed by atoms with van der Waals surface area (Å²) in [7, 11) is 0. The molecule has 1 aromatic heterocycles. The van der Waals surface area contributed by atoms with Gasteiger partial charge in [-0.2, -0.15) is 0 Å². The van der Waals surface area contributed by atoms with Gasteiger partial charge in [-0.3, -0.25) is 4.79 Å². The minimum Gasteiger partial charge on any atom is -0.489 e. The normalized spacial score (nSPS) is 10.5. The summed E-state index contributed by atoms with van der Waals surface area (Å²) in [5.74, 6) is 1.10. The molecule has 0 aliphatic carbocycles. The number of amides is 1. The molecule has 0 saturated carbocycles. The second-order valence-corrected chi connectivity index (χ2v) is 5.70. The lowest BCUT2D eigenvalue weighted by Crippen LogP contribution is -2.25. The van der Waals surface area contributed by atoms with Crippen molar-refractivity contribution in [1.29, 1.82) is 0 Å². The number of benzene rings is 1. The average Bonchev–Trinajstić information content (AvgIpc) is 2.57. The van der Waals surface area contributed by atoms with Gasteiger partial charge >= 0.3 is 0 Å². The van der Waals surface area contributed by atoms with Crippen molar-refractivity contribution in [2.75, 3.05) is 11.9 Å². The number of nitrogens with zero attached hydrogens (tertiary/aromatic N) is 2. The molecule has 6 heteroatoms. The Kier molecular flexibility index (Phi) is 6.54. The van der Waals surface area contributed by atoms with Crippen LogP contribution in [0, 0.1) is 0 Å². The summed E-state index contributed by atoms with van der Waals surface area (Å²) in [5.41, 5.74) is 1.11. The van der Waals surface area contributed by atoms with E-state index in [9.17, 15) is 4.79 Å². The van der Waals surface area contributed by atoms with E-state index in [0.717, 1.165) is 24.3 Å². The molecule has 1 amide bonds. The Balaban J connectivity index is 2.03. The first-order chi connectivity index (χ1) is 11.6. The molecule has 0 radical (unpaired) electrons. The van der Waals surface area contributed by atoms with Crippen LogP contribution in [0.15, 0.2) is 36.4 Å². The molecule has 0 aliphatic rings. The number of unbranched alkanes of at least 4 members (excludes halogenated alkanes) is 1. The first-order valence-electron chi connectivity index (χ1n) is 8.24. The van der Waals surface area contributed by atoms with E-state index in [-0.39, 0.29) is 12.0 Å². The van der Waals surface area contributed by atoms with Gasteiger partial charge in [-0.25, -0.2) is 0 Å². The molecule has 0 aliphatic heterocycles. The number of anilines is 2. The van der Waals surface area contributed by atoms with Crippen molar-refractivity contribution < 1.29 is 9.53 Å². The Morgan fingerprint density at radius 2 is 1.96 bits per heavy atom. The second kappa shape index (κ2) is 8.86. The lowest BCUT2D eigenvalue weighted by Gasteiger charge is -2.14. The maximum Gasteiger partial charge on any atom is 0.271 e. The number of rotatable bonds is 8. The molecule has 0 bridgehead atoms. The van der Waals surface area contributed by atoms with Crippen LogP contribution >= 0.6 is 0 Å². The summed E-state index contributed by atoms with van der Waals surface area (Å²) >= 11 is 0. The maximum absolute atomic E-state index is 11.9. The number of ether oxygens (including phenoxy) is 1. The topological polar surface area (TPSA) is 76.1 Å². The Morgan fingerprint density at radius 1 is 1.17 bits per heavy atom. The van der Waals surface area contributed by atoms with Gasteiger partial charge < -0.3 is 15.4 Å². The van der Waals surface area contributed by atoms with E-state index in [2.05, 4.69) is 27.8 Å². The molecule has 0 atom stereocenters. The van der Waals surface area contributed by atoms with E-state index in [1.54, 1.807) is 12.1 Å². The van der Waals surface area contributed by atoms with Crippen molar-refractivity contribution in [3.05, 3.63) is 42.1 Å². The highest BCUT2D eigenvalue weighted by molar-refractivity contribution is 5.92. The molecular formula is C18H24N4O2. The average molecular weight is 328 g/mol. The third kappa shape index (κ3) is 5.22. The molecule has 128 valence electrons. The van der Waals surface area contributed by atoms with Crippen molar-refractivity contribution in [3.63, 3.8) is 0 Å². The number of carbonyl (C=O) groups is 1. The van der Waals surface area contributed by atoms with Gasteiger partial charge in [-0.1, -0.05) is 25.5 Å². The number of nitrogens with one attached hydrogen (secondary N) is 2. The third-order valence-corrected chi connectivity index (χ3v) is 3.23. The van der Waals surface area contributed by atoms with Crippen molar-refractivity contribution in [3.8, 4) is 5.75 Å². The third-order valence-electron chi connectivity index (χ3n) is 3.23. The summed E-state index contributed by atoms with van der Waals surface area (Å²) in [5, 5.41) is 14.0. The highest BCUT2D eigenvalue weighted by atomic mass is 16.5. The van der Waals surface area contributed by atoms with Crippen LogP contribution in [-0.4, -0.2) is 28.8 Å². The van der Waals surface area contributed by atoms with Crippen LogP contribution in [0.2, 0.25) is 0 Å². The Hall–Kier alpha value is -2.63. The molecule has 0 spiro atoms. The summed E-state index contributed by atoms with van der Waals surface area (Å²) in [4.78, 5) is 11.9. The Bertz CT molecular complexity index is 656. The first-order valence-corrected chi connectivity index (χ1v) is 8.24. The number of hydrogen-bond acceptors (Lipinski definition) is 5. The van der Waals surface area contributed by atoms with E-state index >= 15 is 0 Å². The van der Waals surface area contributed by atoms with Crippen LogP contribution in [0.25, 0.3) is 0 Å². The Labute approximate surface area is 142 Å². The van der Waals surface area contributed by atoms with Crippen molar-refractivity contribution in [2.45, 2.75) is 39.7 Å². The number of para-hydroxylation sites is 2. The molecule has 1 aromatic carbocycles. The fourth-order valence-corrected chi connectivity index (χ4v) is 2.05.